The normalized spacial score (nSPS) is 21.1. The molecule has 0 bridgehead atoms. The molecule has 1 aliphatic carbocycles. The van der Waals surface area contributed by atoms with E-state index in [2.05, 4.69) is 10.3 Å². The Bertz CT molecular complexity index is 628. The first-order chi connectivity index (χ1) is 10.6. The van der Waals surface area contributed by atoms with Gasteiger partial charge in [0.25, 0.3) is 5.91 Å². The predicted octanol–water partition coefficient (Wildman–Crippen LogP) is 0.708. The van der Waals surface area contributed by atoms with Gasteiger partial charge in [-0.1, -0.05) is 12.8 Å². The molecule has 1 aromatic heterocycles. The molecule has 3 rings (SSSR count). The van der Waals surface area contributed by atoms with Crippen LogP contribution in [-0.2, 0) is 14.8 Å². The number of H-pyrrole nitrogens is 1. The number of carbonyl (C=O) groups is 1. The number of ether oxygens (including phenoxy) is 1. The first kappa shape index (κ1) is 15.5. The van der Waals surface area contributed by atoms with Crippen molar-refractivity contribution in [3.63, 3.8) is 0 Å². The third-order valence-electron chi connectivity index (χ3n) is 4.20. The number of hydrogen-bond acceptors (Lipinski definition) is 4. The maximum Gasteiger partial charge on any atom is 0.267 e. The van der Waals surface area contributed by atoms with E-state index in [0.717, 1.165) is 25.7 Å². The van der Waals surface area contributed by atoms with Crippen LogP contribution in [0.4, 0.5) is 0 Å². The van der Waals surface area contributed by atoms with Gasteiger partial charge in [0.15, 0.2) is 0 Å². The highest BCUT2D eigenvalue weighted by molar-refractivity contribution is 7.89. The summed E-state index contributed by atoms with van der Waals surface area (Å²) in [5.41, 5.74) is 0.290. The number of nitrogens with one attached hydrogen (secondary N) is 2. The van der Waals surface area contributed by atoms with Gasteiger partial charge in [-0.2, -0.15) is 4.31 Å². The van der Waals surface area contributed by atoms with Crippen LogP contribution in [0.25, 0.3) is 0 Å². The summed E-state index contributed by atoms with van der Waals surface area (Å²) in [6.07, 6.45) is 5.63. The Morgan fingerprint density at radius 3 is 2.64 bits per heavy atom. The third kappa shape index (κ3) is 3.18. The van der Waals surface area contributed by atoms with Crippen LogP contribution >= 0.6 is 0 Å². The van der Waals surface area contributed by atoms with Gasteiger partial charge in [-0.05, 0) is 18.9 Å². The number of aromatic amines is 1. The second kappa shape index (κ2) is 6.39. The lowest BCUT2D eigenvalue weighted by Gasteiger charge is -2.25. The Morgan fingerprint density at radius 1 is 1.27 bits per heavy atom. The molecule has 22 heavy (non-hydrogen) atoms. The van der Waals surface area contributed by atoms with Crippen molar-refractivity contribution in [1.82, 2.24) is 14.6 Å². The van der Waals surface area contributed by atoms with Crippen molar-refractivity contribution < 1.29 is 17.9 Å². The van der Waals surface area contributed by atoms with Gasteiger partial charge in [-0.25, -0.2) is 8.42 Å². The van der Waals surface area contributed by atoms with Gasteiger partial charge < -0.3 is 15.0 Å². The molecule has 1 saturated carbocycles. The van der Waals surface area contributed by atoms with Crippen LogP contribution < -0.4 is 5.32 Å². The van der Waals surface area contributed by atoms with Crippen molar-refractivity contribution in [2.24, 2.45) is 0 Å². The number of amides is 1. The van der Waals surface area contributed by atoms with Crippen LogP contribution in [0.1, 0.15) is 36.2 Å². The Hall–Kier alpha value is -1.38. The minimum Gasteiger partial charge on any atom is -0.379 e. The molecule has 0 aromatic carbocycles. The molecule has 2 heterocycles. The Balaban J connectivity index is 1.70. The number of hydrogen-bond donors (Lipinski definition) is 2. The number of sulfonamides is 1. The summed E-state index contributed by atoms with van der Waals surface area (Å²) in [7, 11) is -3.56. The second-order valence-electron chi connectivity index (χ2n) is 5.72. The molecule has 0 spiro atoms. The number of nitrogens with zero attached hydrogens (tertiary/aromatic N) is 1. The molecule has 2 fully saturated rings. The van der Waals surface area contributed by atoms with E-state index in [0.29, 0.717) is 32.0 Å². The van der Waals surface area contributed by atoms with Crippen molar-refractivity contribution >= 4 is 15.9 Å². The van der Waals surface area contributed by atoms with Gasteiger partial charge in [0, 0.05) is 25.3 Å². The summed E-state index contributed by atoms with van der Waals surface area (Å²) >= 11 is 0. The lowest BCUT2D eigenvalue weighted by Crippen LogP contribution is -2.40. The van der Waals surface area contributed by atoms with Gasteiger partial charge >= 0.3 is 0 Å². The summed E-state index contributed by atoms with van der Waals surface area (Å²) in [5, 5.41) is 2.94. The molecule has 0 radical (unpaired) electrons. The fraction of sp³-hybridized carbons (Fsp3) is 0.643. The smallest absolute Gasteiger partial charge is 0.267 e. The zero-order chi connectivity index (χ0) is 15.6. The Kier molecular flexibility index (Phi) is 4.51. The highest BCUT2D eigenvalue weighted by Crippen LogP contribution is 2.20. The van der Waals surface area contributed by atoms with Gasteiger partial charge in [0.2, 0.25) is 10.0 Å². The Morgan fingerprint density at radius 2 is 1.95 bits per heavy atom. The zero-order valence-corrected chi connectivity index (χ0v) is 13.2. The molecular formula is C14H21N3O4S. The molecule has 0 atom stereocenters. The molecule has 1 saturated heterocycles. The van der Waals surface area contributed by atoms with Crippen LogP contribution in [0.3, 0.4) is 0 Å². The maximum atomic E-state index is 12.5. The van der Waals surface area contributed by atoms with E-state index >= 15 is 0 Å². The number of morpholine rings is 1. The van der Waals surface area contributed by atoms with E-state index in [1.54, 1.807) is 0 Å². The first-order valence-electron chi connectivity index (χ1n) is 7.64. The fourth-order valence-corrected chi connectivity index (χ4v) is 4.33. The summed E-state index contributed by atoms with van der Waals surface area (Å²) in [6, 6.07) is 1.62. The maximum absolute atomic E-state index is 12.5. The molecule has 122 valence electrons. The predicted molar refractivity (Wildman–Crippen MR) is 80.1 cm³/mol. The molecule has 1 amide bonds. The molecule has 1 aromatic rings. The average molecular weight is 327 g/mol. The minimum atomic E-state index is -3.56. The molecular weight excluding hydrogens is 306 g/mol. The van der Waals surface area contributed by atoms with E-state index in [9.17, 15) is 13.2 Å². The van der Waals surface area contributed by atoms with Crippen molar-refractivity contribution in [3.05, 3.63) is 18.0 Å². The monoisotopic (exact) mass is 327 g/mol. The SMILES string of the molecule is O=C(NC1CCCC1)c1cc(S(=O)(=O)N2CCOCC2)c[nH]1. The summed E-state index contributed by atoms with van der Waals surface area (Å²) in [4.78, 5) is 15.1. The van der Waals surface area contributed by atoms with Gasteiger partial charge in [-0.3, -0.25) is 4.79 Å². The van der Waals surface area contributed by atoms with Crippen LogP contribution in [-0.4, -0.2) is 56.0 Å². The quantitative estimate of drug-likeness (QED) is 0.852. The topological polar surface area (TPSA) is 91.5 Å². The molecule has 8 heteroatoms. The van der Waals surface area contributed by atoms with Gasteiger partial charge in [0.05, 0.1) is 13.2 Å². The number of carbonyl (C=O) groups excluding carboxylic acids is 1. The molecule has 0 unspecified atom stereocenters. The van der Waals surface area contributed by atoms with Gasteiger partial charge in [-0.15, -0.1) is 0 Å². The summed E-state index contributed by atoms with van der Waals surface area (Å²) < 4.78 is 31.5. The van der Waals surface area contributed by atoms with Crippen molar-refractivity contribution in [2.75, 3.05) is 26.3 Å². The molecule has 1 aliphatic heterocycles. The number of aromatic nitrogens is 1. The van der Waals surface area contributed by atoms with E-state index in [1.165, 1.54) is 16.6 Å². The molecule has 2 aliphatic rings. The standard InChI is InChI=1S/C14H21N3O4S/c18-14(16-11-3-1-2-4-11)13-9-12(10-15-13)22(19,20)17-5-7-21-8-6-17/h9-11,15H,1-8H2,(H,16,18). The largest absolute Gasteiger partial charge is 0.379 e. The second-order valence-corrected chi connectivity index (χ2v) is 7.66. The number of rotatable bonds is 4. The minimum absolute atomic E-state index is 0.131. The van der Waals surface area contributed by atoms with Crippen LogP contribution in [0, 0.1) is 0 Å². The highest BCUT2D eigenvalue weighted by atomic mass is 32.2. The summed E-state index contributed by atoms with van der Waals surface area (Å²) in [6.45, 7) is 1.49. The van der Waals surface area contributed by atoms with Crippen LogP contribution in [0.15, 0.2) is 17.2 Å². The summed E-state index contributed by atoms with van der Waals surface area (Å²) in [5.74, 6) is -0.240. The fourth-order valence-electron chi connectivity index (χ4n) is 2.92. The van der Waals surface area contributed by atoms with E-state index < -0.39 is 10.0 Å². The van der Waals surface area contributed by atoms with E-state index in [1.807, 2.05) is 0 Å². The Labute approximate surface area is 130 Å². The van der Waals surface area contributed by atoms with Crippen molar-refractivity contribution in [1.29, 1.82) is 0 Å². The van der Waals surface area contributed by atoms with Crippen LogP contribution in [0.2, 0.25) is 0 Å². The van der Waals surface area contributed by atoms with Crippen molar-refractivity contribution in [3.8, 4) is 0 Å². The molecule has 2 N–H and O–H groups in total. The average Bonchev–Trinajstić information content (AvgIpc) is 3.19. The third-order valence-corrected chi connectivity index (χ3v) is 6.08. The lowest BCUT2D eigenvalue weighted by atomic mass is 10.2. The first-order valence-corrected chi connectivity index (χ1v) is 9.08. The zero-order valence-electron chi connectivity index (χ0n) is 12.4. The van der Waals surface area contributed by atoms with E-state index in [4.69, 9.17) is 4.74 Å². The van der Waals surface area contributed by atoms with Crippen molar-refractivity contribution in [2.45, 2.75) is 36.6 Å². The highest BCUT2D eigenvalue weighted by Gasteiger charge is 2.28. The van der Waals surface area contributed by atoms with Gasteiger partial charge in [0.1, 0.15) is 10.6 Å². The molecule has 7 nitrogen and oxygen atoms in total. The van der Waals surface area contributed by atoms with E-state index in [-0.39, 0.29) is 16.8 Å². The lowest BCUT2D eigenvalue weighted by molar-refractivity contribution is 0.0730. The van der Waals surface area contributed by atoms with Crippen LogP contribution in [0.5, 0.6) is 0 Å².